The molecule has 0 aliphatic heterocycles. The molecule has 8 nitrogen and oxygen atoms in total. The minimum atomic E-state index is -3.53. The molecular formula is C11H18N4O4S. The van der Waals surface area contributed by atoms with Gasteiger partial charge in [-0.15, -0.1) is 0 Å². The molecule has 0 radical (unpaired) electrons. The van der Waals surface area contributed by atoms with Crippen molar-refractivity contribution in [2.24, 2.45) is 5.92 Å². The number of hydrogen-bond acceptors (Lipinski definition) is 6. The minimum Gasteiger partial charge on any atom is -0.469 e. The summed E-state index contributed by atoms with van der Waals surface area (Å²) in [4.78, 5) is 15.5. The summed E-state index contributed by atoms with van der Waals surface area (Å²) in [6.07, 6.45) is 3.55. The van der Waals surface area contributed by atoms with E-state index >= 15 is 0 Å². The summed E-state index contributed by atoms with van der Waals surface area (Å²) in [5.41, 5.74) is 0. The fraction of sp³-hybridized carbons (Fsp3) is 0.727. The monoisotopic (exact) mass is 302 g/mol. The Balaban J connectivity index is 1.93. The van der Waals surface area contributed by atoms with Gasteiger partial charge in [0.05, 0.1) is 18.3 Å². The van der Waals surface area contributed by atoms with Crippen LogP contribution in [-0.2, 0) is 26.0 Å². The second-order valence-corrected chi connectivity index (χ2v) is 6.70. The molecule has 20 heavy (non-hydrogen) atoms. The van der Waals surface area contributed by atoms with Gasteiger partial charge in [0.1, 0.15) is 12.2 Å². The van der Waals surface area contributed by atoms with Gasteiger partial charge in [-0.1, -0.05) is 6.42 Å². The van der Waals surface area contributed by atoms with Crippen LogP contribution < -0.4 is 4.72 Å². The van der Waals surface area contributed by atoms with Crippen LogP contribution in [0.2, 0.25) is 0 Å². The van der Waals surface area contributed by atoms with E-state index in [-0.39, 0.29) is 6.54 Å². The number of nitrogens with zero attached hydrogens (tertiary/aromatic N) is 2. The number of hydrogen-bond donors (Lipinski definition) is 2. The van der Waals surface area contributed by atoms with Gasteiger partial charge in [0.25, 0.3) is 0 Å². The van der Waals surface area contributed by atoms with Crippen molar-refractivity contribution < 1.29 is 17.9 Å². The molecule has 1 aromatic rings. The van der Waals surface area contributed by atoms with Crippen molar-refractivity contribution in [2.45, 2.75) is 30.9 Å². The third-order valence-corrected chi connectivity index (χ3v) is 5.45. The molecule has 0 spiro atoms. The molecule has 2 atom stereocenters. The van der Waals surface area contributed by atoms with Gasteiger partial charge in [0.15, 0.2) is 0 Å². The van der Waals surface area contributed by atoms with Crippen LogP contribution in [0, 0.1) is 5.92 Å². The van der Waals surface area contributed by atoms with Crippen molar-refractivity contribution >= 4 is 16.0 Å². The fourth-order valence-corrected chi connectivity index (χ4v) is 4.25. The summed E-state index contributed by atoms with van der Waals surface area (Å²) in [5.74, 6) is -0.403. The summed E-state index contributed by atoms with van der Waals surface area (Å²) in [5, 5.41) is 5.64. The number of ether oxygens (including phenoxy) is 1. The quantitative estimate of drug-likeness (QED) is 0.692. The maximum Gasteiger partial charge on any atom is 0.310 e. The topological polar surface area (TPSA) is 114 Å². The molecule has 0 aromatic carbocycles. The first-order valence-corrected chi connectivity index (χ1v) is 8.00. The molecule has 1 heterocycles. The third-order valence-electron chi connectivity index (χ3n) is 3.49. The van der Waals surface area contributed by atoms with Gasteiger partial charge in [-0.25, -0.2) is 18.1 Å². The number of esters is 1. The van der Waals surface area contributed by atoms with Crippen LogP contribution in [-0.4, -0.2) is 48.5 Å². The van der Waals surface area contributed by atoms with Gasteiger partial charge in [-0.3, -0.25) is 9.89 Å². The van der Waals surface area contributed by atoms with Gasteiger partial charge in [-0.05, 0) is 12.8 Å². The summed E-state index contributed by atoms with van der Waals surface area (Å²) < 4.78 is 31.6. The van der Waals surface area contributed by atoms with Crippen LogP contribution in [0.5, 0.6) is 0 Å². The van der Waals surface area contributed by atoms with E-state index in [0.29, 0.717) is 31.5 Å². The number of carbonyl (C=O) groups is 1. The van der Waals surface area contributed by atoms with E-state index in [9.17, 15) is 13.2 Å². The largest absolute Gasteiger partial charge is 0.469 e. The van der Waals surface area contributed by atoms with Crippen LogP contribution >= 0.6 is 0 Å². The number of methoxy groups -OCH3 is 1. The van der Waals surface area contributed by atoms with E-state index < -0.39 is 27.2 Å². The lowest BCUT2D eigenvalue weighted by Crippen LogP contribution is -2.40. The predicted octanol–water partition coefficient (Wildman–Crippen LogP) is -0.392. The molecule has 112 valence electrons. The van der Waals surface area contributed by atoms with Crippen molar-refractivity contribution in [3.8, 4) is 0 Å². The Morgan fingerprint density at radius 3 is 3.00 bits per heavy atom. The van der Waals surface area contributed by atoms with E-state index in [1.807, 2.05) is 0 Å². The SMILES string of the molecule is COC(=O)C1CCCC1S(=O)(=O)NCCc1ncn[nH]1. The Morgan fingerprint density at radius 2 is 2.35 bits per heavy atom. The smallest absolute Gasteiger partial charge is 0.310 e. The van der Waals surface area contributed by atoms with Crippen LogP contribution in [0.1, 0.15) is 25.1 Å². The zero-order valence-electron chi connectivity index (χ0n) is 11.2. The average molecular weight is 302 g/mol. The Kier molecular flexibility index (Phi) is 4.71. The number of aromatic nitrogens is 3. The molecule has 9 heteroatoms. The fourth-order valence-electron chi connectivity index (χ4n) is 2.49. The average Bonchev–Trinajstić information content (AvgIpc) is 3.08. The van der Waals surface area contributed by atoms with Crippen LogP contribution in [0.3, 0.4) is 0 Å². The normalized spacial score (nSPS) is 22.9. The summed E-state index contributed by atoms with van der Waals surface area (Å²) in [6, 6.07) is 0. The molecule has 0 saturated heterocycles. The highest BCUT2D eigenvalue weighted by molar-refractivity contribution is 7.90. The molecule has 0 amide bonds. The van der Waals surface area contributed by atoms with Crippen molar-refractivity contribution in [3.63, 3.8) is 0 Å². The summed E-state index contributed by atoms with van der Waals surface area (Å²) >= 11 is 0. The lowest BCUT2D eigenvalue weighted by atomic mass is 10.1. The molecule has 0 bridgehead atoms. The number of sulfonamides is 1. The third kappa shape index (κ3) is 3.34. The van der Waals surface area contributed by atoms with E-state index in [1.54, 1.807) is 0 Å². The standard InChI is InChI=1S/C11H18N4O4S/c1-19-11(16)8-3-2-4-9(8)20(17,18)14-6-5-10-12-7-13-15-10/h7-9,14H,2-6H2,1H3,(H,12,13,15). The molecule has 1 aliphatic rings. The molecule has 1 saturated carbocycles. The van der Waals surface area contributed by atoms with Gasteiger partial charge < -0.3 is 4.74 Å². The first kappa shape index (κ1) is 14.9. The molecule has 2 unspecified atom stereocenters. The Hall–Kier alpha value is -1.48. The van der Waals surface area contributed by atoms with Crippen molar-refractivity contribution in [2.75, 3.05) is 13.7 Å². The minimum absolute atomic E-state index is 0.224. The van der Waals surface area contributed by atoms with E-state index in [1.165, 1.54) is 13.4 Å². The molecule has 1 fully saturated rings. The predicted molar refractivity (Wildman–Crippen MR) is 70.2 cm³/mol. The number of aromatic amines is 1. The van der Waals surface area contributed by atoms with Crippen molar-refractivity contribution in [1.29, 1.82) is 0 Å². The lowest BCUT2D eigenvalue weighted by molar-refractivity contribution is -0.145. The maximum absolute atomic E-state index is 12.2. The van der Waals surface area contributed by atoms with E-state index in [4.69, 9.17) is 0 Å². The first-order chi connectivity index (χ1) is 9.54. The zero-order valence-corrected chi connectivity index (χ0v) is 12.0. The lowest BCUT2D eigenvalue weighted by Gasteiger charge is -2.18. The summed E-state index contributed by atoms with van der Waals surface area (Å²) in [7, 11) is -2.25. The number of H-pyrrole nitrogens is 1. The van der Waals surface area contributed by atoms with Gasteiger partial charge >= 0.3 is 5.97 Å². The van der Waals surface area contributed by atoms with E-state index in [2.05, 4.69) is 24.6 Å². The van der Waals surface area contributed by atoms with Crippen molar-refractivity contribution in [3.05, 3.63) is 12.2 Å². The number of nitrogens with one attached hydrogen (secondary N) is 2. The molecular weight excluding hydrogens is 284 g/mol. The number of carbonyl (C=O) groups excluding carboxylic acids is 1. The Morgan fingerprint density at radius 1 is 1.55 bits per heavy atom. The summed E-state index contributed by atoms with van der Waals surface area (Å²) in [6.45, 7) is 0.224. The molecule has 2 rings (SSSR count). The molecule has 1 aliphatic carbocycles. The highest BCUT2D eigenvalue weighted by atomic mass is 32.2. The Bertz CT molecular complexity index is 543. The Labute approximate surface area is 117 Å². The first-order valence-electron chi connectivity index (χ1n) is 6.45. The second kappa shape index (κ2) is 6.31. The van der Waals surface area contributed by atoms with Crippen LogP contribution in [0.4, 0.5) is 0 Å². The second-order valence-electron chi connectivity index (χ2n) is 4.72. The van der Waals surface area contributed by atoms with Gasteiger partial charge in [0.2, 0.25) is 10.0 Å². The van der Waals surface area contributed by atoms with E-state index in [0.717, 1.165) is 0 Å². The van der Waals surface area contributed by atoms with Gasteiger partial charge in [-0.2, -0.15) is 5.10 Å². The van der Waals surface area contributed by atoms with Crippen molar-refractivity contribution in [1.82, 2.24) is 19.9 Å². The maximum atomic E-state index is 12.2. The van der Waals surface area contributed by atoms with Gasteiger partial charge in [0, 0.05) is 13.0 Å². The molecule has 2 N–H and O–H groups in total. The van der Waals surface area contributed by atoms with Crippen LogP contribution in [0.15, 0.2) is 6.33 Å². The highest BCUT2D eigenvalue weighted by Gasteiger charge is 2.41. The zero-order chi connectivity index (χ0) is 14.6. The van der Waals surface area contributed by atoms with Crippen LogP contribution in [0.25, 0.3) is 0 Å². The number of rotatable bonds is 6. The molecule has 1 aromatic heterocycles. The highest BCUT2D eigenvalue weighted by Crippen LogP contribution is 2.31.